The second-order valence-corrected chi connectivity index (χ2v) is 3.73. The predicted octanol–water partition coefficient (Wildman–Crippen LogP) is 0.982. The van der Waals surface area contributed by atoms with E-state index in [-0.39, 0.29) is 6.67 Å². The average Bonchev–Trinajstić information content (AvgIpc) is 2.47. The molecule has 1 fully saturated rings. The number of hydrogen-bond donors (Lipinski definition) is 0. The van der Waals surface area contributed by atoms with Gasteiger partial charge in [-0.05, 0) is 33.5 Å². The maximum Gasteiger partial charge on any atom is 0.0906 e. The molecule has 0 aromatic heterocycles. The quantitative estimate of drug-likeness (QED) is 0.627. The first-order valence-corrected chi connectivity index (χ1v) is 4.69. The van der Waals surface area contributed by atoms with Gasteiger partial charge in [0, 0.05) is 19.1 Å². The number of alkyl halides is 1. The van der Waals surface area contributed by atoms with E-state index in [1.807, 2.05) is 0 Å². The van der Waals surface area contributed by atoms with Gasteiger partial charge in [-0.15, -0.1) is 0 Å². The molecule has 1 aliphatic heterocycles. The van der Waals surface area contributed by atoms with Crippen molar-refractivity contribution in [3.63, 3.8) is 0 Å². The van der Waals surface area contributed by atoms with Gasteiger partial charge in [-0.25, -0.2) is 0 Å². The van der Waals surface area contributed by atoms with Crippen molar-refractivity contribution in [2.75, 3.05) is 40.4 Å². The molecule has 1 aliphatic rings. The molecule has 1 rings (SSSR count). The molecule has 0 radical (unpaired) electrons. The average molecular weight is 174 g/mol. The van der Waals surface area contributed by atoms with E-state index in [4.69, 9.17) is 0 Å². The summed E-state index contributed by atoms with van der Waals surface area (Å²) in [4.78, 5) is 4.61. The van der Waals surface area contributed by atoms with Crippen LogP contribution in [0.2, 0.25) is 0 Å². The van der Waals surface area contributed by atoms with Crippen LogP contribution >= 0.6 is 0 Å². The summed E-state index contributed by atoms with van der Waals surface area (Å²) in [6.07, 6.45) is 1.91. The van der Waals surface area contributed by atoms with Crippen molar-refractivity contribution in [1.82, 2.24) is 9.80 Å². The van der Waals surface area contributed by atoms with Crippen LogP contribution in [0.1, 0.15) is 12.8 Å². The first kappa shape index (κ1) is 9.93. The number of hydrogen-bond acceptors (Lipinski definition) is 2. The Morgan fingerprint density at radius 3 is 2.83 bits per heavy atom. The molecule has 1 heterocycles. The Hall–Kier alpha value is -0.150. The molecule has 0 bridgehead atoms. The lowest BCUT2D eigenvalue weighted by Gasteiger charge is -2.23. The maximum absolute atomic E-state index is 11.9. The molecule has 1 unspecified atom stereocenters. The third-order valence-electron chi connectivity index (χ3n) is 2.63. The molecule has 0 N–H and O–H groups in total. The van der Waals surface area contributed by atoms with Gasteiger partial charge in [0.1, 0.15) is 0 Å². The van der Waals surface area contributed by atoms with E-state index in [0.717, 1.165) is 13.1 Å². The van der Waals surface area contributed by atoms with E-state index in [1.165, 1.54) is 13.0 Å². The highest BCUT2D eigenvalue weighted by Gasteiger charge is 2.22. The summed E-state index contributed by atoms with van der Waals surface area (Å²) in [5.74, 6) is 0. The van der Waals surface area contributed by atoms with Crippen molar-refractivity contribution in [1.29, 1.82) is 0 Å². The second-order valence-electron chi connectivity index (χ2n) is 3.73. The fourth-order valence-electron chi connectivity index (χ4n) is 1.76. The Balaban J connectivity index is 2.18. The van der Waals surface area contributed by atoms with Gasteiger partial charge in [-0.1, -0.05) is 0 Å². The number of rotatable bonds is 4. The molecule has 1 saturated heterocycles. The van der Waals surface area contributed by atoms with Gasteiger partial charge in [0.15, 0.2) is 0 Å². The summed E-state index contributed by atoms with van der Waals surface area (Å²) < 4.78 is 11.9. The highest BCUT2D eigenvalue weighted by Crippen LogP contribution is 2.12. The largest absolute Gasteiger partial charge is 0.305 e. The van der Waals surface area contributed by atoms with Crippen LogP contribution in [0.5, 0.6) is 0 Å². The summed E-state index contributed by atoms with van der Waals surface area (Å²) in [6, 6.07) is 0.654. The van der Waals surface area contributed by atoms with Gasteiger partial charge in [0.25, 0.3) is 0 Å². The van der Waals surface area contributed by atoms with E-state index >= 15 is 0 Å². The van der Waals surface area contributed by atoms with E-state index < -0.39 is 0 Å². The molecular weight excluding hydrogens is 155 g/mol. The van der Waals surface area contributed by atoms with E-state index in [1.54, 1.807) is 0 Å². The van der Waals surface area contributed by atoms with Gasteiger partial charge in [-0.3, -0.25) is 4.39 Å². The van der Waals surface area contributed by atoms with Crippen LogP contribution in [0.4, 0.5) is 4.39 Å². The molecule has 0 amide bonds. The van der Waals surface area contributed by atoms with Gasteiger partial charge in [0.05, 0.1) is 6.67 Å². The molecule has 12 heavy (non-hydrogen) atoms. The monoisotopic (exact) mass is 174 g/mol. The third-order valence-corrected chi connectivity index (χ3v) is 2.63. The lowest BCUT2D eigenvalue weighted by atomic mass is 10.2. The number of likely N-dealkylation sites (N-methyl/N-ethyl adjacent to an activating group) is 2. The first-order valence-electron chi connectivity index (χ1n) is 4.69. The van der Waals surface area contributed by atoms with Crippen LogP contribution in [0.15, 0.2) is 0 Å². The molecule has 1 atom stereocenters. The van der Waals surface area contributed by atoms with Crippen LogP contribution in [0.25, 0.3) is 0 Å². The van der Waals surface area contributed by atoms with Crippen LogP contribution in [0, 0.1) is 0 Å². The van der Waals surface area contributed by atoms with Gasteiger partial charge >= 0.3 is 0 Å². The van der Waals surface area contributed by atoms with Crippen molar-refractivity contribution in [3.8, 4) is 0 Å². The molecule has 2 nitrogen and oxygen atoms in total. The van der Waals surface area contributed by atoms with E-state index in [0.29, 0.717) is 12.5 Å². The molecule has 0 saturated carbocycles. The van der Waals surface area contributed by atoms with Crippen molar-refractivity contribution in [3.05, 3.63) is 0 Å². The molecule has 3 heteroatoms. The number of likely N-dealkylation sites (tertiary alicyclic amines) is 1. The molecule has 72 valence electrons. The minimum atomic E-state index is -0.188. The normalized spacial score (nSPS) is 25.5. The summed E-state index contributed by atoms with van der Waals surface area (Å²) >= 11 is 0. The first-order chi connectivity index (χ1) is 5.74. The SMILES string of the molecule is CN1CCC(N(C)CCCF)C1. The summed E-state index contributed by atoms with van der Waals surface area (Å²) in [5, 5.41) is 0. The van der Waals surface area contributed by atoms with Crippen molar-refractivity contribution < 1.29 is 4.39 Å². The van der Waals surface area contributed by atoms with Crippen LogP contribution in [0.3, 0.4) is 0 Å². The van der Waals surface area contributed by atoms with Crippen LogP contribution in [-0.4, -0.2) is 56.2 Å². The molecule has 0 aromatic carbocycles. The Labute approximate surface area is 74.3 Å². The Morgan fingerprint density at radius 1 is 1.58 bits per heavy atom. The minimum Gasteiger partial charge on any atom is -0.305 e. The Morgan fingerprint density at radius 2 is 2.33 bits per heavy atom. The van der Waals surface area contributed by atoms with Gasteiger partial charge < -0.3 is 9.80 Å². The number of nitrogens with zero attached hydrogens (tertiary/aromatic N) is 2. The van der Waals surface area contributed by atoms with E-state index in [9.17, 15) is 4.39 Å². The smallest absolute Gasteiger partial charge is 0.0906 e. The molecule has 0 aromatic rings. The summed E-state index contributed by atoms with van der Waals surface area (Å²) in [6.45, 7) is 3.04. The third kappa shape index (κ3) is 2.72. The van der Waals surface area contributed by atoms with E-state index in [2.05, 4.69) is 23.9 Å². The fourth-order valence-corrected chi connectivity index (χ4v) is 1.76. The zero-order valence-electron chi connectivity index (χ0n) is 8.09. The lowest BCUT2D eigenvalue weighted by Crippen LogP contribution is -2.34. The van der Waals surface area contributed by atoms with Gasteiger partial charge in [0.2, 0.25) is 0 Å². The highest BCUT2D eigenvalue weighted by molar-refractivity contribution is 4.79. The lowest BCUT2D eigenvalue weighted by molar-refractivity contribution is 0.231. The Bertz CT molecular complexity index is 130. The summed E-state index contributed by atoms with van der Waals surface area (Å²) in [7, 11) is 4.24. The zero-order valence-corrected chi connectivity index (χ0v) is 8.09. The predicted molar refractivity (Wildman–Crippen MR) is 49.1 cm³/mol. The zero-order chi connectivity index (χ0) is 8.97. The highest BCUT2D eigenvalue weighted by atomic mass is 19.1. The van der Waals surface area contributed by atoms with Crippen molar-refractivity contribution in [2.24, 2.45) is 0 Å². The van der Waals surface area contributed by atoms with Crippen LogP contribution in [-0.2, 0) is 0 Å². The maximum atomic E-state index is 11.9. The fraction of sp³-hybridized carbons (Fsp3) is 1.00. The topological polar surface area (TPSA) is 6.48 Å². The Kier molecular flexibility index (Phi) is 3.95. The minimum absolute atomic E-state index is 0.188. The van der Waals surface area contributed by atoms with Crippen molar-refractivity contribution in [2.45, 2.75) is 18.9 Å². The molecular formula is C9H19FN2. The standard InChI is InChI=1S/C9H19FN2/c1-11-7-4-9(8-11)12(2)6-3-5-10/h9H,3-8H2,1-2H3. The molecule has 0 spiro atoms. The van der Waals surface area contributed by atoms with Crippen molar-refractivity contribution >= 4 is 0 Å². The number of halogens is 1. The second kappa shape index (κ2) is 4.77. The van der Waals surface area contributed by atoms with Gasteiger partial charge in [-0.2, -0.15) is 0 Å². The van der Waals surface area contributed by atoms with Crippen LogP contribution < -0.4 is 0 Å². The molecule has 0 aliphatic carbocycles. The summed E-state index contributed by atoms with van der Waals surface area (Å²) in [5.41, 5.74) is 0.